The van der Waals surface area contributed by atoms with Gasteiger partial charge in [0.25, 0.3) is 5.91 Å². The molecule has 0 aliphatic heterocycles. The maximum Gasteiger partial charge on any atom is 0.387 e. The number of alkyl halides is 2. The summed E-state index contributed by atoms with van der Waals surface area (Å²) in [5.74, 6) is -1.65. The maximum absolute atomic E-state index is 12.4. The van der Waals surface area contributed by atoms with Gasteiger partial charge < -0.3 is 14.4 Å². The molecule has 26 heavy (non-hydrogen) atoms. The largest absolute Gasteiger partial charge is 0.452 e. The average molecular weight is 428 g/mol. The first-order valence-corrected chi connectivity index (χ1v) is 8.36. The van der Waals surface area contributed by atoms with Crippen molar-refractivity contribution in [1.82, 2.24) is 4.90 Å². The Labute approximate surface area is 157 Å². The highest BCUT2D eigenvalue weighted by Crippen LogP contribution is 2.21. The van der Waals surface area contributed by atoms with Gasteiger partial charge in [0.2, 0.25) is 0 Å². The molecule has 5 nitrogen and oxygen atoms in total. The molecule has 0 aliphatic carbocycles. The molecule has 0 unspecified atom stereocenters. The van der Waals surface area contributed by atoms with E-state index < -0.39 is 25.1 Å². The van der Waals surface area contributed by atoms with Crippen molar-refractivity contribution in [3.8, 4) is 5.75 Å². The van der Waals surface area contributed by atoms with Gasteiger partial charge in [-0.25, -0.2) is 4.79 Å². The third kappa shape index (κ3) is 5.52. The third-order valence-electron chi connectivity index (χ3n) is 3.44. The number of hydrogen-bond donors (Lipinski definition) is 0. The first-order valence-electron chi connectivity index (χ1n) is 7.57. The molecule has 0 aromatic heterocycles. The Morgan fingerprint density at radius 1 is 1.12 bits per heavy atom. The van der Waals surface area contributed by atoms with Crippen LogP contribution >= 0.6 is 15.9 Å². The highest BCUT2D eigenvalue weighted by Gasteiger charge is 2.19. The van der Waals surface area contributed by atoms with E-state index in [9.17, 15) is 18.4 Å². The fraction of sp³-hybridized carbons (Fsp3) is 0.222. The molecule has 0 N–H and O–H groups in total. The van der Waals surface area contributed by atoms with Crippen LogP contribution in [0, 0.1) is 0 Å². The molecule has 0 heterocycles. The van der Waals surface area contributed by atoms with Crippen molar-refractivity contribution in [3.63, 3.8) is 0 Å². The number of amides is 1. The number of nitrogens with zero attached hydrogens (tertiary/aromatic N) is 1. The van der Waals surface area contributed by atoms with Crippen molar-refractivity contribution in [2.24, 2.45) is 0 Å². The van der Waals surface area contributed by atoms with Crippen molar-refractivity contribution in [2.75, 3.05) is 13.7 Å². The second kappa shape index (κ2) is 9.28. The van der Waals surface area contributed by atoms with Crippen LogP contribution in [0.1, 0.15) is 15.9 Å². The summed E-state index contributed by atoms with van der Waals surface area (Å²) in [5, 5.41) is 0. The molecule has 0 saturated heterocycles. The highest BCUT2D eigenvalue weighted by molar-refractivity contribution is 9.10. The number of para-hydroxylation sites is 1. The van der Waals surface area contributed by atoms with Crippen LogP contribution < -0.4 is 4.74 Å². The number of benzene rings is 2. The number of ether oxygens (including phenoxy) is 2. The Morgan fingerprint density at radius 2 is 1.77 bits per heavy atom. The fourth-order valence-corrected chi connectivity index (χ4v) is 2.53. The number of likely N-dealkylation sites (N-methyl/N-ethyl adjacent to an activating group) is 1. The predicted molar refractivity (Wildman–Crippen MR) is 94.0 cm³/mol. The standard InChI is InChI=1S/C18H16BrF2NO4/c1-22(10-12-6-2-4-8-14(12)19)16(23)11-25-17(24)13-7-3-5-9-15(13)26-18(20)21/h2-9,18H,10-11H2,1H3. The lowest BCUT2D eigenvalue weighted by molar-refractivity contribution is -0.133. The van der Waals surface area contributed by atoms with Crippen molar-refractivity contribution in [3.05, 3.63) is 64.1 Å². The quantitative estimate of drug-likeness (QED) is 0.629. The molecule has 138 valence electrons. The summed E-state index contributed by atoms with van der Waals surface area (Å²) in [6, 6.07) is 12.9. The number of carbonyl (C=O) groups excluding carboxylic acids is 2. The molecular formula is C18H16BrF2NO4. The van der Waals surface area contributed by atoms with Gasteiger partial charge in [0.05, 0.1) is 0 Å². The van der Waals surface area contributed by atoms with Crippen LogP contribution in [0.4, 0.5) is 8.78 Å². The van der Waals surface area contributed by atoms with Crippen LogP contribution in [0.25, 0.3) is 0 Å². The van der Waals surface area contributed by atoms with E-state index in [-0.39, 0.29) is 11.3 Å². The topological polar surface area (TPSA) is 55.8 Å². The van der Waals surface area contributed by atoms with E-state index in [0.717, 1.165) is 10.0 Å². The molecule has 8 heteroatoms. The second-order valence-electron chi connectivity index (χ2n) is 5.29. The summed E-state index contributed by atoms with van der Waals surface area (Å²) in [7, 11) is 1.57. The van der Waals surface area contributed by atoms with E-state index >= 15 is 0 Å². The van der Waals surface area contributed by atoms with E-state index in [1.165, 1.54) is 29.2 Å². The SMILES string of the molecule is CN(Cc1ccccc1Br)C(=O)COC(=O)c1ccccc1OC(F)F. The Morgan fingerprint density at radius 3 is 2.46 bits per heavy atom. The van der Waals surface area contributed by atoms with Crippen LogP contribution in [0.15, 0.2) is 53.0 Å². The Hall–Kier alpha value is -2.48. The van der Waals surface area contributed by atoms with Gasteiger partial charge in [-0.05, 0) is 23.8 Å². The molecule has 0 saturated carbocycles. The number of hydrogen-bond acceptors (Lipinski definition) is 4. The Kier molecular flexibility index (Phi) is 7.08. The molecule has 1 amide bonds. The van der Waals surface area contributed by atoms with E-state index in [4.69, 9.17) is 4.74 Å². The summed E-state index contributed by atoms with van der Waals surface area (Å²) in [5.41, 5.74) is 0.722. The Balaban J connectivity index is 1.95. The molecule has 2 rings (SSSR count). The van der Waals surface area contributed by atoms with Crippen LogP contribution in [0.5, 0.6) is 5.75 Å². The van der Waals surface area contributed by atoms with Crippen LogP contribution in [0.2, 0.25) is 0 Å². The normalized spacial score (nSPS) is 10.5. The van der Waals surface area contributed by atoms with Crippen molar-refractivity contribution in [2.45, 2.75) is 13.2 Å². The Bertz CT molecular complexity index is 785. The molecule has 0 aliphatic rings. The van der Waals surface area contributed by atoms with Crippen LogP contribution in [0.3, 0.4) is 0 Å². The maximum atomic E-state index is 12.4. The van der Waals surface area contributed by atoms with Gasteiger partial charge in [0.15, 0.2) is 6.61 Å². The fourth-order valence-electron chi connectivity index (χ4n) is 2.12. The second-order valence-corrected chi connectivity index (χ2v) is 6.15. The van der Waals surface area contributed by atoms with E-state index in [0.29, 0.717) is 6.54 Å². The molecule has 0 radical (unpaired) electrons. The van der Waals surface area contributed by atoms with Crippen molar-refractivity contribution < 1.29 is 27.8 Å². The lowest BCUT2D eigenvalue weighted by Gasteiger charge is -2.18. The number of esters is 1. The van der Waals surface area contributed by atoms with Gasteiger partial charge in [0, 0.05) is 18.1 Å². The van der Waals surface area contributed by atoms with Crippen LogP contribution in [-0.2, 0) is 16.1 Å². The minimum Gasteiger partial charge on any atom is -0.452 e. The summed E-state index contributed by atoms with van der Waals surface area (Å²) < 4.78 is 34.8. The van der Waals surface area contributed by atoms with Crippen molar-refractivity contribution >= 4 is 27.8 Å². The van der Waals surface area contributed by atoms with E-state index in [1.807, 2.05) is 24.3 Å². The molecule has 2 aromatic carbocycles. The lowest BCUT2D eigenvalue weighted by Crippen LogP contribution is -2.31. The van der Waals surface area contributed by atoms with Crippen molar-refractivity contribution in [1.29, 1.82) is 0 Å². The minimum absolute atomic E-state index is 0.172. The predicted octanol–water partition coefficient (Wildman–Crippen LogP) is 3.87. The monoisotopic (exact) mass is 427 g/mol. The molecule has 0 spiro atoms. The summed E-state index contributed by atoms with van der Waals surface area (Å²) in [6.45, 7) is -3.26. The average Bonchev–Trinajstić information content (AvgIpc) is 2.61. The van der Waals surface area contributed by atoms with Gasteiger partial charge in [0.1, 0.15) is 11.3 Å². The van der Waals surface area contributed by atoms with Gasteiger partial charge in [-0.3, -0.25) is 4.79 Å². The van der Waals surface area contributed by atoms with Gasteiger partial charge in [-0.15, -0.1) is 0 Å². The smallest absolute Gasteiger partial charge is 0.387 e. The highest BCUT2D eigenvalue weighted by atomic mass is 79.9. The molecule has 0 atom stereocenters. The third-order valence-corrected chi connectivity index (χ3v) is 4.21. The zero-order valence-electron chi connectivity index (χ0n) is 13.8. The summed E-state index contributed by atoms with van der Waals surface area (Å²) in [6.07, 6.45) is 0. The minimum atomic E-state index is -3.07. The van der Waals surface area contributed by atoms with E-state index in [1.54, 1.807) is 7.05 Å². The summed E-state index contributed by atoms with van der Waals surface area (Å²) in [4.78, 5) is 25.6. The number of carbonyl (C=O) groups is 2. The van der Waals surface area contributed by atoms with Gasteiger partial charge in [-0.2, -0.15) is 8.78 Å². The van der Waals surface area contributed by atoms with E-state index in [2.05, 4.69) is 20.7 Å². The molecule has 2 aromatic rings. The number of rotatable bonds is 7. The van der Waals surface area contributed by atoms with Gasteiger partial charge in [-0.1, -0.05) is 46.3 Å². The first-order chi connectivity index (χ1) is 12.4. The zero-order valence-corrected chi connectivity index (χ0v) is 15.4. The lowest BCUT2D eigenvalue weighted by atomic mass is 10.2. The molecule has 0 bridgehead atoms. The number of halogens is 3. The summed E-state index contributed by atoms with van der Waals surface area (Å²) >= 11 is 3.40. The molecular weight excluding hydrogens is 412 g/mol. The first kappa shape index (κ1) is 19.8. The molecule has 0 fully saturated rings. The van der Waals surface area contributed by atoms with Crippen LogP contribution in [-0.4, -0.2) is 37.0 Å². The zero-order chi connectivity index (χ0) is 19.1. The van der Waals surface area contributed by atoms with Gasteiger partial charge >= 0.3 is 12.6 Å².